The van der Waals surface area contributed by atoms with Gasteiger partial charge in [0.25, 0.3) is 0 Å². The van der Waals surface area contributed by atoms with Crippen LogP contribution < -0.4 is 5.32 Å². The number of ether oxygens (including phenoxy) is 1. The number of nitrogens with one attached hydrogen (secondary N) is 1. The molecule has 96 valence electrons. The highest BCUT2D eigenvalue weighted by atomic mass is 16.5. The van der Waals surface area contributed by atoms with E-state index in [9.17, 15) is 0 Å². The van der Waals surface area contributed by atoms with Crippen LogP contribution in [0.2, 0.25) is 0 Å². The summed E-state index contributed by atoms with van der Waals surface area (Å²) in [7, 11) is 0. The SMILES string of the molecule is CCNC(C)C(CC)CC1CCC(C)(C)O1. The van der Waals surface area contributed by atoms with Gasteiger partial charge in [0, 0.05) is 6.04 Å². The van der Waals surface area contributed by atoms with E-state index in [2.05, 4.69) is 39.9 Å². The van der Waals surface area contributed by atoms with Gasteiger partial charge in [0.1, 0.15) is 0 Å². The van der Waals surface area contributed by atoms with Crippen molar-refractivity contribution in [2.75, 3.05) is 6.54 Å². The second kappa shape index (κ2) is 6.02. The molecule has 1 aliphatic heterocycles. The lowest BCUT2D eigenvalue weighted by Crippen LogP contribution is -2.35. The van der Waals surface area contributed by atoms with Gasteiger partial charge in [0.15, 0.2) is 0 Å². The van der Waals surface area contributed by atoms with Gasteiger partial charge in [-0.25, -0.2) is 0 Å². The highest BCUT2D eigenvalue weighted by molar-refractivity contribution is 4.84. The van der Waals surface area contributed by atoms with Crippen molar-refractivity contribution >= 4 is 0 Å². The van der Waals surface area contributed by atoms with Gasteiger partial charge in [-0.1, -0.05) is 20.3 Å². The zero-order valence-electron chi connectivity index (χ0n) is 11.7. The molecule has 2 heteroatoms. The monoisotopic (exact) mass is 227 g/mol. The van der Waals surface area contributed by atoms with Gasteiger partial charge >= 0.3 is 0 Å². The van der Waals surface area contributed by atoms with Crippen LogP contribution in [0.4, 0.5) is 0 Å². The molecular weight excluding hydrogens is 198 g/mol. The van der Waals surface area contributed by atoms with E-state index in [4.69, 9.17) is 4.74 Å². The molecule has 3 unspecified atom stereocenters. The quantitative estimate of drug-likeness (QED) is 0.751. The fourth-order valence-corrected chi connectivity index (χ4v) is 2.79. The summed E-state index contributed by atoms with van der Waals surface area (Å²) in [5, 5.41) is 3.54. The predicted octanol–water partition coefficient (Wildman–Crippen LogP) is 3.36. The lowest BCUT2D eigenvalue weighted by molar-refractivity contribution is -0.0265. The van der Waals surface area contributed by atoms with Crippen LogP contribution in [0.3, 0.4) is 0 Å². The molecule has 1 fully saturated rings. The van der Waals surface area contributed by atoms with Crippen molar-refractivity contribution in [2.24, 2.45) is 5.92 Å². The van der Waals surface area contributed by atoms with Crippen molar-refractivity contribution < 1.29 is 4.74 Å². The first-order valence-electron chi connectivity index (χ1n) is 6.89. The van der Waals surface area contributed by atoms with Gasteiger partial charge in [-0.2, -0.15) is 0 Å². The van der Waals surface area contributed by atoms with E-state index in [0.29, 0.717) is 12.1 Å². The highest BCUT2D eigenvalue weighted by Crippen LogP contribution is 2.33. The lowest BCUT2D eigenvalue weighted by atomic mass is 9.91. The molecule has 1 aliphatic rings. The van der Waals surface area contributed by atoms with Crippen LogP contribution in [0, 0.1) is 5.92 Å². The first-order valence-corrected chi connectivity index (χ1v) is 6.89. The summed E-state index contributed by atoms with van der Waals surface area (Å²) in [5.41, 5.74) is 0.115. The van der Waals surface area contributed by atoms with Crippen LogP contribution in [0.15, 0.2) is 0 Å². The van der Waals surface area contributed by atoms with Crippen LogP contribution in [-0.2, 0) is 4.74 Å². The van der Waals surface area contributed by atoms with Crippen molar-refractivity contribution in [3.8, 4) is 0 Å². The third-order valence-electron chi connectivity index (χ3n) is 3.88. The van der Waals surface area contributed by atoms with Crippen LogP contribution in [0.25, 0.3) is 0 Å². The van der Waals surface area contributed by atoms with Gasteiger partial charge in [-0.15, -0.1) is 0 Å². The molecule has 1 rings (SSSR count). The van der Waals surface area contributed by atoms with E-state index >= 15 is 0 Å². The van der Waals surface area contributed by atoms with E-state index in [1.54, 1.807) is 0 Å². The standard InChI is InChI=1S/C14H29NO/c1-6-12(11(3)15-7-2)10-13-8-9-14(4,5)16-13/h11-13,15H,6-10H2,1-5H3. The Labute approximate surface area is 101 Å². The normalized spacial score (nSPS) is 27.9. The molecule has 0 aromatic heterocycles. The van der Waals surface area contributed by atoms with E-state index in [1.807, 2.05) is 0 Å². The summed E-state index contributed by atoms with van der Waals surface area (Å²) in [6.07, 6.45) is 5.40. The van der Waals surface area contributed by atoms with Crippen LogP contribution in [0.1, 0.15) is 60.3 Å². The number of hydrogen-bond donors (Lipinski definition) is 1. The minimum absolute atomic E-state index is 0.115. The number of hydrogen-bond acceptors (Lipinski definition) is 2. The number of rotatable bonds is 6. The Kier molecular flexibility index (Phi) is 5.26. The Morgan fingerprint density at radius 1 is 1.38 bits per heavy atom. The second-order valence-corrected chi connectivity index (χ2v) is 5.79. The topological polar surface area (TPSA) is 21.3 Å². The Bertz CT molecular complexity index is 203. The van der Waals surface area contributed by atoms with Gasteiger partial charge in [0.2, 0.25) is 0 Å². The summed E-state index contributed by atoms with van der Waals surface area (Å²) in [4.78, 5) is 0. The molecule has 0 amide bonds. The fourth-order valence-electron chi connectivity index (χ4n) is 2.79. The zero-order chi connectivity index (χ0) is 12.2. The maximum Gasteiger partial charge on any atom is 0.0631 e. The summed E-state index contributed by atoms with van der Waals surface area (Å²) in [5.74, 6) is 0.749. The minimum Gasteiger partial charge on any atom is -0.372 e. The lowest BCUT2D eigenvalue weighted by Gasteiger charge is -2.27. The van der Waals surface area contributed by atoms with Gasteiger partial charge in [-0.05, 0) is 52.5 Å². The molecule has 0 radical (unpaired) electrons. The molecule has 0 aromatic rings. The van der Waals surface area contributed by atoms with Crippen molar-refractivity contribution in [1.29, 1.82) is 0 Å². The second-order valence-electron chi connectivity index (χ2n) is 5.79. The third kappa shape index (κ3) is 4.06. The summed E-state index contributed by atoms with van der Waals surface area (Å²) < 4.78 is 6.08. The Morgan fingerprint density at radius 3 is 2.50 bits per heavy atom. The highest BCUT2D eigenvalue weighted by Gasteiger charge is 2.33. The van der Waals surface area contributed by atoms with Crippen LogP contribution >= 0.6 is 0 Å². The average Bonchev–Trinajstić information content (AvgIpc) is 2.55. The van der Waals surface area contributed by atoms with Gasteiger partial charge < -0.3 is 10.1 Å². The molecule has 0 bridgehead atoms. The maximum absolute atomic E-state index is 6.08. The maximum atomic E-state index is 6.08. The summed E-state index contributed by atoms with van der Waals surface area (Å²) >= 11 is 0. The van der Waals surface area contributed by atoms with Crippen molar-refractivity contribution in [3.05, 3.63) is 0 Å². The molecule has 0 aromatic carbocycles. The van der Waals surface area contributed by atoms with Crippen molar-refractivity contribution in [3.63, 3.8) is 0 Å². The van der Waals surface area contributed by atoms with Crippen molar-refractivity contribution in [2.45, 2.75) is 78.0 Å². The molecule has 1 heterocycles. The molecule has 1 saturated heterocycles. The Hall–Kier alpha value is -0.0800. The minimum atomic E-state index is 0.115. The third-order valence-corrected chi connectivity index (χ3v) is 3.88. The van der Waals surface area contributed by atoms with E-state index in [1.165, 1.54) is 25.7 Å². The zero-order valence-corrected chi connectivity index (χ0v) is 11.7. The molecular formula is C14H29NO. The Balaban J connectivity index is 2.39. The fraction of sp³-hybridized carbons (Fsp3) is 1.00. The van der Waals surface area contributed by atoms with Crippen molar-refractivity contribution in [1.82, 2.24) is 5.32 Å². The summed E-state index contributed by atoms with van der Waals surface area (Å²) in [6.45, 7) is 12.3. The molecule has 0 aliphatic carbocycles. The molecule has 1 N–H and O–H groups in total. The molecule has 0 spiro atoms. The first-order chi connectivity index (χ1) is 7.48. The first kappa shape index (κ1) is 14.0. The molecule has 16 heavy (non-hydrogen) atoms. The largest absolute Gasteiger partial charge is 0.372 e. The Morgan fingerprint density at radius 2 is 2.06 bits per heavy atom. The smallest absolute Gasteiger partial charge is 0.0631 e. The molecule has 3 atom stereocenters. The van der Waals surface area contributed by atoms with E-state index in [0.717, 1.165) is 12.5 Å². The average molecular weight is 227 g/mol. The van der Waals surface area contributed by atoms with Crippen LogP contribution in [0.5, 0.6) is 0 Å². The van der Waals surface area contributed by atoms with E-state index in [-0.39, 0.29) is 5.60 Å². The van der Waals surface area contributed by atoms with Gasteiger partial charge in [0.05, 0.1) is 11.7 Å². The predicted molar refractivity (Wildman–Crippen MR) is 69.7 cm³/mol. The summed E-state index contributed by atoms with van der Waals surface area (Å²) in [6, 6.07) is 0.613. The molecule has 2 nitrogen and oxygen atoms in total. The molecule has 0 saturated carbocycles. The van der Waals surface area contributed by atoms with Crippen LogP contribution in [-0.4, -0.2) is 24.3 Å². The van der Waals surface area contributed by atoms with E-state index < -0.39 is 0 Å². The van der Waals surface area contributed by atoms with Gasteiger partial charge in [-0.3, -0.25) is 0 Å².